The van der Waals surface area contributed by atoms with Gasteiger partial charge in [0.05, 0.1) is 34.0 Å². The van der Waals surface area contributed by atoms with Gasteiger partial charge in [0.1, 0.15) is 5.75 Å². The molecular formula is C21H20N4O3S2. The molecule has 30 heavy (non-hydrogen) atoms. The number of benzene rings is 2. The molecule has 2 aromatic heterocycles. The van der Waals surface area contributed by atoms with Crippen molar-refractivity contribution in [3.05, 3.63) is 52.8 Å². The number of para-hydroxylation sites is 1. The van der Waals surface area contributed by atoms with Gasteiger partial charge in [-0.1, -0.05) is 35.2 Å². The summed E-state index contributed by atoms with van der Waals surface area (Å²) in [5.74, 6) is 0.661. The zero-order valence-corrected chi connectivity index (χ0v) is 18.3. The SMILES string of the molecule is COc1ccc2nc(NC(=O)CSc3nc4ccccc4c(=O)n3C(C)C)sc2c1. The molecule has 4 aromatic rings. The predicted octanol–water partition coefficient (Wildman–Crippen LogP) is 4.33. The van der Waals surface area contributed by atoms with Crippen molar-refractivity contribution in [3.63, 3.8) is 0 Å². The number of thioether (sulfide) groups is 1. The van der Waals surface area contributed by atoms with Crippen LogP contribution in [-0.4, -0.2) is 33.3 Å². The Morgan fingerprint density at radius 3 is 2.77 bits per heavy atom. The van der Waals surface area contributed by atoms with E-state index in [1.165, 1.54) is 23.1 Å². The van der Waals surface area contributed by atoms with E-state index in [0.717, 1.165) is 16.0 Å². The number of anilines is 1. The maximum atomic E-state index is 12.9. The molecule has 0 unspecified atom stereocenters. The number of hydrogen-bond acceptors (Lipinski definition) is 7. The van der Waals surface area contributed by atoms with Crippen LogP contribution < -0.4 is 15.6 Å². The highest BCUT2D eigenvalue weighted by Crippen LogP contribution is 2.29. The van der Waals surface area contributed by atoms with E-state index in [4.69, 9.17) is 4.74 Å². The lowest BCUT2D eigenvalue weighted by Crippen LogP contribution is -2.25. The summed E-state index contributed by atoms with van der Waals surface area (Å²) in [4.78, 5) is 34.4. The van der Waals surface area contributed by atoms with Crippen molar-refractivity contribution in [1.82, 2.24) is 14.5 Å². The standard InChI is InChI=1S/C21H20N4O3S2/c1-12(2)25-19(27)14-6-4-5-7-15(14)23-21(25)29-11-18(26)24-20-22-16-9-8-13(28-3)10-17(16)30-20/h4-10,12H,11H2,1-3H3,(H,22,24,26). The zero-order valence-electron chi connectivity index (χ0n) is 16.7. The van der Waals surface area contributed by atoms with Gasteiger partial charge < -0.3 is 10.1 Å². The lowest BCUT2D eigenvalue weighted by molar-refractivity contribution is -0.113. The maximum absolute atomic E-state index is 12.9. The first-order chi connectivity index (χ1) is 14.5. The van der Waals surface area contributed by atoms with Gasteiger partial charge in [0.25, 0.3) is 5.56 Å². The molecule has 154 valence electrons. The summed E-state index contributed by atoms with van der Waals surface area (Å²) in [5.41, 5.74) is 1.33. The number of fused-ring (bicyclic) bond motifs is 2. The third-order valence-electron chi connectivity index (χ3n) is 4.47. The van der Waals surface area contributed by atoms with Gasteiger partial charge >= 0.3 is 0 Å². The van der Waals surface area contributed by atoms with Crippen molar-refractivity contribution < 1.29 is 9.53 Å². The Bertz CT molecular complexity index is 1300. The van der Waals surface area contributed by atoms with Crippen molar-refractivity contribution in [1.29, 1.82) is 0 Å². The third-order valence-corrected chi connectivity index (χ3v) is 6.35. The van der Waals surface area contributed by atoms with Crippen molar-refractivity contribution in [3.8, 4) is 5.75 Å². The van der Waals surface area contributed by atoms with Crippen LogP contribution in [0.1, 0.15) is 19.9 Å². The molecule has 0 atom stereocenters. The van der Waals surface area contributed by atoms with Crippen LogP contribution >= 0.6 is 23.1 Å². The van der Waals surface area contributed by atoms with Gasteiger partial charge in [0.2, 0.25) is 5.91 Å². The number of ether oxygens (including phenoxy) is 1. The summed E-state index contributed by atoms with van der Waals surface area (Å²) in [5, 5.41) is 4.46. The molecule has 0 radical (unpaired) electrons. The first-order valence-electron chi connectivity index (χ1n) is 9.35. The molecule has 0 saturated carbocycles. The van der Waals surface area contributed by atoms with Gasteiger partial charge in [-0.2, -0.15) is 0 Å². The molecule has 7 nitrogen and oxygen atoms in total. The van der Waals surface area contributed by atoms with Crippen LogP contribution in [0.4, 0.5) is 5.13 Å². The minimum absolute atomic E-state index is 0.0700. The summed E-state index contributed by atoms with van der Waals surface area (Å²) in [6, 6.07) is 12.8. The number of carbonyl (C=O) groups excluding carboxylic acids is 1. The molecule has 0 aliphatic heterocycles. The minimum atomic E-state index is -0.205. The fourth-order valence-electron chi connectivity index (χ4n) is 3.05. The molecule has 1 N–H and O–H groups in total. The Kier molecular flexibility index (Phi) is 5.74. The fraction of sp³-hybridized carbons (Fsp3) is 0.238. The summed E-state index contributed by atoms with van der Waals surface area (Å²) < 4.78 is 7.79. The largest absolute Gasteiger partial charge is 0.497 e. The summed E-state index contributed by atoms with van der Waals surface area (Å²) in [6.45, 7) is 3.86. The third kappa shape index (κ3) is 4.03. The number of amides is 1. The monoisotopic (exact) mass is 440 g/mol. The van der Waals surface area contributed by atoms with Gasteiger partial charge in [0, 0.05) is 6.04 Å². The first-order valence-corrected chi connectivity index (χ1v) is 11.1. The predicted molar refractivity (Wildman–Crippen MR) is 122 cm³/mol. The van der Waals surface area contributed by atoms with E-state index in [-0.39, 0.29) is 23.3 Å². The second-order valence-corrected chi connectivity index (χ2v) is 8.84. The Morgan fingerprint density at radius 1 is 1.20 bits per heavy atom. The zero-order chi connectivity index (χ0) is 21.3. The number of hydrogen-bond donors (Lipinski definition) is 1. The lowest BCUT2D eigenvalue weighted by atomic mass is 10.2. The molecule has 0 fully saturated rings. The van der Waals surface area contributed by atoms with Crippen molar-refractivity contribution in [2.24, 2.45) is 0 Å². The van der Waals surface area contributed by atoms with Gasteiger partial charge in [-0.3, -0.25) is 14.2 Å². The molecule has 2 heterocycles. The second-order valence-electron chi connectivity index (χ2n) is 6.87. The Hall–Kier alpha value is -2.91. The van der Waals surface area contributed by atoms with Crippen molar-refractivity contribution in [2.75, 3.05) is 18.2 Å². The van der Waals surface area contributed by atoms with E-state index in [2.05, 4.69) is 15.3 Å². The average molecular weight is 441 g/mol. The fourth-order valence-corrected chi connectivity index (χ4v) is 4.89. The number of thiazole rings is 1. The van der Waals surface area contributed by atoms with E-state index >= 15 is 0 Å². The highest BCUT2D eigenvalue weighted by Gasteiger charge is 2.16. The van der Waals surface area contributed by atoms with Gasteiger partial charge in [-0.15, -0.1) is 0 Å². The normalized spacial score (nSPS) is 11.3. The molecule has 9 heteroatoms. The van der Waals surface area contributed by atoms with Crippen molar-refractivity contribution in [2.45, 2.75) is 25.0 Å². The molecule has 0 aliphatic rings. The van der Waals surface area contributed by atoms with E-state index < -0.39 is 0 Å². The Labute approximate surface area is 181 Å². The topological polar surface area (TPSA) is 86.1 Å². The van der Waals surface area contributed by atoms with Crippen LogP contribution in [0, 0.1) is 0 Å². The number of aromatic nitrogens is 3. The summed E-state index contributed by atoms with van der Waals surface area (Å²) in [7, 11) is 1.61. The van der Waals surface area contributed by atoms with Crippen LogP contribution in [0.5, 0.6) is 5.75 Å². The molecule has 0 bridgehead atoms. The average Bonchev–Trinajstić information content (AvgIpc) is 3.13. The number of nitrogens with zero attached hydrogens (tertiary/aromatic N) is 3. The molecule has 2 aromatic carbocycles. The van der Waals surface area contributed by atoms with Gasteiger partial charge in [-0.05, 0) is 44.2 Å². The highest BCUT2D eigenvalue weighted by atomic mass is 32.2. The van der Waals surface area contributed by atoms with Crippen LogP contribution in [0.25, 0.3) is 21.1 Å². The molecule has 0 saturated heterocycles. The van der Waals surface area contributed by atoms with E-state index in [0.29, 0.717) is 21.2 Å². The molecule has 0 spiro atoms. The number of nitrogens with one attached hydrogen (secondary N) is 1. The van der Waals surface area contributed by atoms with E-state index in [1.807, 2.05) is 44.2 Å². The van der Waals surface area contributed by atoms with Crippen LogP contribution in [0.3, 0.4) is 0 Å². The van der Waals surface area contributed by atoms with Gasteiger partial charge in [0.15, 0.2) is 10.3 Å². The highest BCUT2D eigenvalue weighted by molar-refractivity contribution is 7.99. The summed E-state index contributed by atoms with van der Waals surface area (Å²) >= 11 is 2.63. The number of rotatable bonds is 6. The smallest absolute Gasteiger partial charge is 0.262 e. The number of methoxy groups -OCH3 is 1. The van der Waals surface area contributed by atoms with E-state index in [1.54, 1.807) is 23.8 Å². The molecule has 4 rings (SSSR count). The lowest BCUT2D eigenvalue weighted by Gasteiger charge is -2.15. The van der Waals surface area contributed by atoms with Gasteiger partial charge in [-0.25, -0.2) is 9.97 Å². The van der Waals surface area contributed by atoms with E-state index in [9.17, 15) is 9.59 Å². The Morgan fingerprint density at radius 2 is 2.00 bits per heavy atom. The first kappa shape index (κ1) is 20.4. The second kappa shape index (κ2) is 8.45. The summed E-state index contributed by atoms with van der Waals surface area (Å²) in [6.07, 6.45) is 0. The Balaban J connectivity index is 1.53. The molecular weight excluding hydrogens is 420 g/mol. The maximum Gasteiger partial charge on any atom is 0.262 e. The van der Waals surface area contributed by atoms with Crippen molar-refractivity contribution >= 4 is 55.3 Å². The molecule has 1 amide bonds. The van der Waals surface area contributed by atoms with Crippen LogP contribution in [0.2, 0.25) is 0 Å². The van der Waals surface area contributed by atoms with Crippen LogP contribution in [-0.2, 0) is 4.79 Å². The van der Waals surface area contributed by atoms with Crippen LogP contribution in [0.15, 0.2) is 52.4 Å². The molecule has 0 aliphatic carbocycles. The minimum Gasteiger partial charge on any atom is -0.497 e. The number of carbonyl (C=O) groups is 1. The quantitative estimate of drug-likeness (QED) is 0.355.